The zero-order valence-corrected chi connectivity index (χ0v) is 9.74. The number of rotatable bonds is 4. The van der Waals surface area contributed by atoms with Crippen LogP contribution in [0.2, 0.25) is 0 Å². The van der Waals surface area contributed by atoms with Crippen LogP contribution < -0.4 is 0 Å². The molecular formula is C9H12O6S. The van der Waals surface area contributed by atoms with E-state index in [2.05, 4.69) is 12.2 Å². The summed E-state index contributed by atoms with van der Waals surface area (Å²) in [6, 6.07) is 0. The first-order valence-corrected chi connectivity index (χ1v) is 5.21. The van der Waals surface area contributed by atoms with Crippen molar-refractivity contribution < 1.29 is 28.5 Å². The van der Waals surface area contributed by atoms with Crippen molar-refractivity contribution in [3.05, 3.63) is 0 Å². The topological polar surface area (TPSA) is 71.1 Å². The van der Waals surface area contributed by atoms with Crippen LogP contribution in [0.1, 0.15) is 13.8 Å². The summed E-state index contributed by atoms with van der Waals surface area (Å²) in [6.45, 7) is 3.65. The molecule has 6 nitrogen and oxygen atoms in total. The second-order valence-corrected chi connectivity index (χ2v) is 3.16. The number of hydrogen-bond acceptors (Lipinski definition) is 7. The molecule has 1 rings (SSSR count). The van der Waals surface area contributed by atoms with Gasteiger partial charge in [0.05, 0.1) is 13.2 Å². The smallest absolute Gasteiger partial charge is 0.354 e. The molecule has 1 aliphatic heterocycles. The summed E-state index contributed by atoms with van der Waals surface area (Å²) in [4.78, 5) is 22.8. The summed E-state index contributed by atoms with van der Waals surface area (Å²) in [6.07, 6.45) is -2.35. The van der Waals surface area contributed by atoms with Crippen LogP contribution in [0.15, 0.2) is 0 Å². The van der Waals surface area contributed by atoms with Crippen molar-refractivity contribution in [3.63, 3.8) is 0 Å². The quantitative estimate of drug-likeness (QED) is 0.519. The van der Waals surface area contributed by atoms with Crippen molar-refractivity contribution in [1.29, 1.82) is 0 Å². The van der Waals surface area contributed by atoms with Crippen LogP contribution in [0.3, 0.4) is 0 Å². The number of thiocarbonyl (C=S) groups is 1. The summed E-state index contributed by atoms with van der Waals surface area (Å²) in [5.41, 5.74) is 0. The fraction of sp³-hybridized carbons (Fsp3) is 0.667. The Hall–Kier alpha value is -1.37. The Morgan fingerprint density at radius 2 is 1.50 bits per heavy atom. The molecule has 1 saturated heterocycles. The Kier molecular flexibility index (Phi) is 4.48. The van der Waals surface area contributed by atoms with Gasteiger partial charge in [-0.3, -0.25) is 0 Å². The summed E-state index contributed by atoms with van der Waals surface area (Å²) in [5, 5.41) is -0.254. The lowest BCUT2D eigenvalue weighted by Crippen LogP contribution is -2.39. The third-order valence-corrected chi connectivity index (χ3v) is 1.95. The van der Waals surface area contributed by atoms with Gasteiger partial charge in [0, 0.05) is 12.2 Å². The molecule has 1 aliphatic rings. The average molecular weight is 248 g/mol. The van der Waals surface area contributed by atoms with Crippen LogP contribution in [0, 0.1) is 0 Å². The molecule has 0 amide bonds. The second kappa shape index (κ2) is 5.64. The van der Waals surface area contributed by atoms with E-state index in [-0.39, 0.29) is 18.5 Å². The third-order valence-electron chi connectivity index (χ3n) is 1.76. The number of hydrogen-bond donors (Lipinski definition) is 0. The molecule has 1 fully saturated rings. The van der Waals surface area contributed by atoms with E-state index in [0.717, 1.165) is 0 Å². The molecule has 0 N–H and O–H groups in total. The highest BCUT2D eigenvalue weighted by Crippen LogP contribution is 2.18. The first kappa shape index (κ1) is 12.7. The van der Waals surface area contributed by atoms with Crippen LogP contribution in [-0.2, 0) is 28.5 Å². The van der Waals surface area contributed by atoms with Gasteiger partial charge >= 0.3 is 17.2 Å². The number of ether oxygens (including phenoxy) is 4. The predicted molar refractivity (Wildman–Crippen MR) is 55.6 cm³/mol. The van der Waals surface area contributed by atoms with Gasteiger partial charge in [-0.15, -0.1) is 0 Å². The lowest BCUT2D eigenvalue weighted by molar-refractivity contribution is -0.163. The molecule has 90 valence electrons. The fourth-order valence-corrected chi connectivity index (χ4v) is 1.36. The standard InChI is InChI=1S/C9H12O6S/c1-3-12-7(10)5-6(8(11)13-4-2)15-9(16)14-5/h5-6H,3-4H2,1-2H3/t5-,6-/m1/s1. The van der Waals surface area contributed by atoms with Gasteiger partial charge in [-0.2, -0.15) is 0 Å². The molecule has 0 aromatic heterocycles. The highest BCUT2D eigenvalue weighted by atomic mass is 32.1. The Morgan fingerprint density at radius 1 is 1.12 bits per heavy atom. The van der Waals surface area contributed by atoms with E-state index in [1.54, 1.807) is 13.8 Å². The fourth-order valence-electron chi connectivity index (χ4n) is 1.15. The van der Waals surface area contributed by atoms with Gasteiger partial charge in [-0.25, -0.2) is 9.59 Å². The lowest BCUT2D eigenvalue weighted by atomic mass is 10.2. The maximum Gasteiger partial charge on any atom is 0.354 e. The van der Waals surface area contributed by atoms with Crippen molar-refractivity contribution in [3.8, 4) is 0 Å². The normalized spacial score (nSPS) is 23.2. The van der Waals surface area contributed by atoms with E-state index in [1.165, 1.54) is 0 Å². The van der Waals surface area contributed by atoms with E-state index in [4.69, 9.17) is 18.9 Å². The monoisotopic (exact) mass is 248 g/mol. The van der Waals surface area contributed by atoms with E-state index in [0.29, 0.717) is 0 Å². The zero-order chi connectivity index (χ0) is 12.1. The summed E-state index contributed by atoms with van der Waals surface area (Å²) >= 11 is 4.62. The largest absolute Gasteiger partial charge is 0.463 e. The Morgan fingerprint density at radius 3 is 1.81 bits per heavy atom. The molecule has 7 heteroatoms. The highest BCUT2D eigenvalue weighted by Gasteiger charge is 2.46. The molecule has 0 saturated carbocycles. The lowest BCUT2D eigenvalue weighted by Gasteiger charge is -2.12. The van der Waals surface area contributed by atoms with Crippen molar-refractivity contribution in [2.24, 2.45) is 0 Å². The molecule has 1 heterocycles. The predicted octanol–water partition coefficient (Wildman–Crippen LogP) is 0.181. The molecular weight excluding hydrogens is 236 g/mol. The molecule has 0 aromatic rings. The van der Waals surface area contributed by atoms with E-state index in [9.17, 15) is 9.59 Å². The number of esters is 2. The van der Waals surface area contributed by atoms with Crippen molar-refractivity contribution >= 4 is 29.4 Å². The second-order valence-electron chi connectivity index (χ2n) is 2.83. The van der Waals surface area contributed by atoms with Crippen molar-refractivity contribution in [1.82, 2.24) is 0 Å². The van der Waals surface area contributed by atoms with Crippen molar-refractivity contribution in [2.45, 2.75) is 26.1 Å². The first-order valence-electron chi connectivity index (χ1n) is 4.80. The Balaban J connectivity index is 2.69. The van der Waals surface area contributed by atoms with Gasteiger partial charge in [0.15, 0.2) is 0 Å². The molecule has 0 spiro atoms. The van der Waals surface area contributed by atoms with Gasteiger partial charge < -0.3 is 18.9 Å². The van der Waals surface area contributed by atoms with Crippen LogP contribution in [0.5, 0.6) is 0 Å². The minimum absolute atomic E-state index is 0.182. The van der Waals surface area contributed by atoms with Crippen LogP contribution in [-0.4, -0.2) is 42.6 Å². The summed E-state index contributed by atoms with van der Waals surface area (Å²) in [5.74, 6) is -1.39. The maximum atomic E-state index is 11.4. The minimum Gasteiger partial charge on any atom is -0.463 e. The average Bonchev–Trinajstić information content (AvgIpc) is 2.61. The summed E-state index contributed by atoms with van der Waals surface area (Å²) < 4.78 is 19.2. The Labute approximate surface area is 97.8 Å². The summed E-state index contributed by atoms with van der Waals surface area (Å²) in [7, 11) is 0. The number of carbonyl (C=O) groups excluding carboxylic acids is 2. The molecule has 2 atom stereocenters. The van der Waals surface area contributed by atoms with Gasteiger partial charge in [0.2, 0.25) is 12.2 Å². The van der Waals surface area contributed by atoms with E-state index >= 15 is 0 Å². The molecule has 0 unspecified atom stereocenters. The molecule has 16 heavy (non-hydrogen) atoms. The highest BCUT2D eigenvalue weighted by molar-refractivity contribution is 7.79. The van der Waals surface area contributed by atoms with Crippen LogP contribution in [0.4, 0.5) is 0 Å². The number of carbonyl (C=O) groups is 2. The third kappa shape index (κ3) is 2.82. The van der Waals surface area contributed by atoms with Crippen molar-refractivity contribution in [2.75, 3.05) is 13.2 Å². The first-order chi connectivity index (χ1) is 7.60. The van der Waals surface area contributed by atoms with E-state index in [1.807, 2.05) is 0 Å². The SMILES string of the molecule is CCOC(=O)[C@@H]1OC(=S)O[C@H]1C(=O)OCC. The molecule has 0 aliphatic carbocycles. The zero-order valence-electron chi connectivity index (χ0n) is 8.93. The minimum atomic E-state index is -1.17. The van der Waals surface area contributed by atoms with Crippen LogP contribution >= 0.6 is 12.2 Å². The van der Waals surface area contributed by atoms with Gasteiger partial charge in [0.1, 0.15) is 0 Å². The molecule has 0 bridgehead atoms. The maximum absolute atomic E-state index is 11.4. The van der Waals surface area contributed by atoms with E-state index < -0.39 is 24.1 Å². The molecule has 0 radical (unpaired) electrons. The van der Waals surface area contributed by atoms with Gasteiger partial charge in [0.25, 0.3) is 0 Å². The van der Waals surface area contributed by atoms with Gasteiger partial charge in [-0.1, -0.05) is 0 Å². The van der Waals surface area contributed by atoms with Crippen LogP contribution in [0.25, 0.3) is 0 Å². The Bertz CT molecular complexity index is 274. The van der Waals surface area contributed by atoms with Gasteiger partial charge in [-0.05, 0) is 13.8 Å². The molecule has 0 aromatic carbocycles.